The zero-order valence-electron chi connectivity index (χ0n) is 16.2. The monoisotopic (exact) mass is 397 g/mol. The van der Waals surface area contributed by atoms with Gasteiger partial charge in [0.05, 0.1) is 17.7 Å². The fourth-order valence-corrected chi connectivity index (χ4v) is 4.62. The molecule has 0 aromatic carbocycles. The molecule has 6 nitrogen and oxygen atoms in total. The number of rotatable bonds is 4. The number of ether oxygens (including phenoxy) is 1. The molecule has 0 aliphatic carbocycles. The zero-order valence-corrected chi connectivity index (χ0v) is 17.1. The van der Waals surface area contributed by atoms with Gasteiger partial charge in [-0.2, -0.15) is 0 Å². The maximum Gasteiger partial charge on any atom is 0.229 e. The number of halogens is 1. The van der Waals surface area contributed by atoms with Crippen LogP contribution in [0.4, 0.5) is 0 Å². The molecule has 0 saturated carbocycles. The van der Waals surface area contributed by atoms with Crippen LogP contribution >= 0.6 is 12.4 Å². The summed E-state index contributed by atoms with van der Waals surface area (Å²) >= 11 is 0. The van der Waals surface area contributed by atoms with Crippen molar-refractivity contribution in [3.05, 3.63) is 17.5 Å². The lowest BCUT2D eigenvalue weighted by Gasteiger charge is -2.41. The van der Waals surface area contributed by atoms with E-state index in [4.69, 9.17) is 9.26 Å². The molecule has 3 fully saturated rings. The molecule has 3 aliphatic heterocycles. The molecule has 4 rings (SSSR count). The molecule has 3 aliphatic rings. The van der Waals surface area contributed by atoms with Crippen molar-refractivity contribution in [1.82, 2.24) is 15.4 Å². The van der Waals surface area contributed by atoms with Gasteiger partial charge in [-0.25, -0.2) is 0 Å². The summed E-state index contributed by atoms with van der Waals surface area (Å²) < 4.78 is 11.1. The van der Waals surface area contributed by atoms with E-state index in [-0.39, 0.29) is 17.8 Å². The molecule has 1 atom stereocenters. The van der Waals surface area contributed by atoms with E-state index in [2.05, 4.69) is 28.4 Å². The Bertz CT molecular complexity index is 616. The maximum atomic E-state index is 13.5. The number of aromatic nitrogens is 1. The van der Waals surface area contributed by atoms with Crippen molar-refractivity contribution in [2.24, 2.45) is 11.3 Å². The number of piperidine rings is 2. The molecule has 1 aromatic heterocycles. The summed E-state index contributed by atoms with van der Waals surface area (Å²) in [5.41, 5.74) is 0.648. The van der Waals surface area contributed by atoms with Crippen LogP contribution in [0.25, 0.3) is 0 Å². The van der Waals surface area contributed by atoms with E-state index in [1.165, 1.54) is 0 Å². The minimum absolute atomic E-state index is 0. The highest BCUT2D eigenvalue weighted by Gasteiger charge is 2.43. The summed E-state index contributed by atoms with van der Waals surface area (Å²) in [5, 5.41) is 7.69. The SMILES string of the molecule is CC1CCN(C(=O)C2(Cc3cc(C4CCOC4)no3)CCNCC2)CC1.Cl. The average Bonchev–Trinajstić information content (AvgIpc) is 3.34. The second-order valence-corrected chi connectivity index (χ2v) is 8.46. The van der Waals surface area contributed by atoms with E-state index in [0.29, 0.717) is 18.2 Å². The number of amides is 1. The molecule has 0 spiro atoms. The van der Waals surface area contributed by atoms with Crippen LogP contribution in [0.1, 0.15) is 56.4 Å². The molecule has 7 heteroatoms. The van der Waals surface area contributed by atoms with Crippen LogP contribution in [0.3, 0.4) is 0 Å². The number of carbonyl (C=O) groups excluding carboxylic acids is 1. The van der Waals surface area contributed by atoms with Crippen molar-refractivity contribution < 1.29 is 14.1 Å². The number of nitrogens with one attached hydrogen (secondary N) is 1. The van der Waals surface area contributed by atoms with Gasteiger partial charge in [0.15, 0.2) is 0 Å². The van der Waals surface area contributed by atoms with Crippen molar-refractivity contribution in [1.29, 1.82) is 0 Å². The van der Waals surface area contributed by atoms with Gasteiger partial charge in [0.1, 0.15) is 5.76 Å². The van der Waals surface area contributed by atoms with E-state index < -0.39 is 0 Å². The molecule has 1 aromatic rings. The second kappa shape index (κ2) is 8.93. The fourth-order valence-electron chi connectivity index (χ4n) is 4.62. The lowest BCUT2D eigenvalue weighted by Crippen LogP contribution is -2.52. The number of nitrogens with zero attached hydrogens (tertiary/aromatic N) is 2. The Morgan fingerprint density at radius 2 is 2.04 bits per heavy atom. The number of carbonyl (C=O) groups is 1. The van der Waals surface area contributed by atoms with Crippen LogP contribution in [0.5, 0.6) is 0 Å². The quantitative estimate of drug-likeness (QED) is 0.846. The summed E-state index contributed by atoms with van der Waals surface area (Å²) in [6, 6.07) is 2.06. The van der Waals surface area contributed by atoms with E-state index in [0.717, 1.165) is 88.9 Å². The topological polar surface area (TPSA) is 67.6 Å². The van der Waals surface area contributed by atoms with E-state index in [1.807, 2.05) is 0 Å². The van der Waals surface area contributed by atoms with Gasteiger partial charge in [0.2, 0.25) is 5.91 Å². The van der Waals surface area contributed by atoms with E-state index >= 15 is 0 Å². The van der Waals surface area contributed by atoms with Crippen LogP contribution < -0.4 is 5.32 Å². The largest absolute Gasteiger partial charge is 0.381 e. The van der Waals surface area contributed by atoms with E-state index in [1.54, 1.807) is 0 Å². The highest BCUT2D eigenvalue weighted by Crippen LogP contribution is 2.37. The van der Waals surface area contributed by atoms with Gasteiger partial charge in [-0.3, -0.25) is 4.79 Å². The summed E-state index contributed by atoms with van der Waals surface area (Å²) in [6.07, 6.45) is 5.66. The first-order chi connectivity index (χ1) is 12.7. The van der Waals surface area contributed by atoms with Crippen LogP contribution in [-0.2, 0) is 16.0 Å². The lowest BCUT2D eigenvalue weighted by molar-refractivity contribution is -0.145. The highest BCUT2D eigenvalue weighted by molar-refractivity contribution is 5.85. The Morgan fingerprint density at radius 3 is 2.70 bits per heavy atom. The predicted molar refractivity (Wildman–Crippen MR) is 105 cm³/mol. The number of hydrogen-bond donors (Lipinski definition) is 1. The zero-order chi connectivity index (χ0) is 18.0. The summed E-state index contributed by atoms with van der Waals surface area (Å²) in [7, 11) is 0. The van der Waals surface area contributed by atoms with E-state index in [9.17, 15) is 4.79 Å². The summed E-state index contributed by atoms with van der Waals surface area (Å²) in [6.45, 7) is 7.40. The van der Waals surface area contributed by atoms with Crippen molar-refractivity contribution in [2.75, 3.05) is 39.4 Å². The Kier molecular flexibility index (Phi) is 6.82. The van der Waals surface area contributed by atoms with Crippen molar-refractivity contribution in [3.63, 3.8) is 0 Å². The van der Waals surface area contributed by atoms with Crippen molar-refractivity contribution in [2.45, 2.75) is 51.4 Å². The minimum Gasteiger partial charge on any atom is -0.381 e. The molecular formula is C20H32ClN3O3. The molecule has 1 amide bonds. The van der Waals surface area contributed by atoms with Crippen molar-refractivity contribution in [3.8, 4) is 0 Å². The Morgan fingerprint density at radius 1 is 1.30 bits per heavy atom. The smallest absolute Gasteiger partial charge is 0.229 e. The lowest BCUT2D eigenvalue weighted by atomic mass is 9.73. The van der Waals surface area contributed by atoms with Crippen LogP contribution in [0.2, 0.25) is 0 Å². The number of hydrogen-bond acceptors (Lipinski definition) is 5. The Balaban J connectivity index is 0.00000210. The van der Waals surface area contributed by atoms with Gasteiger partial charge in [-0.15, -0.1) is 12.4 Å². The van der Waals surface area contributed by atoms with Gasteiger partial charge in [-0.05, 0) is 51.1 Å². The Hall–Kier alpha value is -1.11. The summed E-state index contributed by atoms with van der Waals surface area (Å²) in [4.78, 5) is 15.6. The Labute approximate surface area is 167 Å². The third kappa shape index (κ3) is 4.49. The summed E-state index contributed by atoms with van der Waals surface area (Å²) in [5.74, 6) is 2.25. The van der Waals surface area contributed by atoms with Crippen LogP contribution in [0.15, 0.2) is 10.6 Å². The van der Waals surface area contributed by atoms with Crippen molar-refractivity contribution >= 4 is 18.3 Å². The van der Waals surface area contributed by atoms with Crippen LogP contribution in [0, 0.1) is 11.3 Å². The molecule has 27 heavy (non-hydrogen) atoms. The molecule has 4 heterocycles. The minimum atomic E-state index is -0.338. The van der Waals surface area contributed by atoms with Gasteiger partial charge < -0.3 is 19.5 Å². The molecular weight excluding hydrogens is 366 g/mol. The average molecular weight is 398 g/mol. The number of likely N-dealkylation sites (tertiary alicyclic amines) is 1. The van der Waals surface area contributed by atoms with Crippen LogP contribution in [-0.4, -0.2) is 55.4 Å². The standard InChI is InChI=1S/C20H31N3O3.ClH/c1-15-2-9-23(10-3-15)19(24)20(5-7-21-8-6-20)13-17-12-18(22-26-17)16-4-11-25-14-16;/h12,15-16,21H,2-11,13-14H2,1H3;1H. The molecule has 1 N–H and O–H groups in total. The van der Waals surface area contributed by atoms with Gasteiger partial charge in [0.25, 0.3) is 0 Å². The maximum absolute atomic E-state index is 13.5. The third-order valence-electron chi connectivity index (χ3n) is 6.52. The molecule has 0 radical (unpaired) electrons. The predicted octanol–water partition coefficient (Wildman–Crippen LogP) is 2.77. The fraction of sp³-hybridized carbons (Fsp3) is 0.800. The normalized spacial score (nSPS) is 26.0. The molecule has 152 valence electrons. The second-order valence-electron chi connectivity index (χ2n) is 8.46. The molecule has 0 bridgehead atoms. The van der Waals surface area contributed by atoms with Gasteiger partial charge >= 0.3 is 0 Å². The first-order valence-corrected chi connectivity index (χ1v) is 10.2. The molecule has 1 unspecified atom stereocenters. The first-order valence-electron chi connectivity index (χ1n) is 10.2. The van der Waals surface area contributed by atoms with Gasteiger partial charge in [-0.1, -0.05) is 12.1 Å². The third-order valence-corrected chi connectivity index (χ3v) is 6.52. The highest BCUT2D eigenvalue weighted by atomic mass is 35.5. The van der Waals surface area contributed by atoms with Gasteiger partial charge in [0, 0.05) is 38.1 Å². The first kappa shape index (κ1) is 20.6. The molecule has 3 saturated heterocycles.